The zero-order valence-corrected chi connectivity index (χ0v) is 18.0. The molecule has 0 unspecified atom stereocenters. The van der Waals surface area contributed by atoms with Gasteiger partial charge in [-0.25, -0.2) is 8.42 Å². The van der Waals surface area contributed by atoms with Crippen LogP contribution in [0.25, 0.3) is 0 Å². The topological polar surface area (TPSA) is 72.5 Å². The van der Waals surface area contributed by atoms with Crippen LogP contribution in [0, 0.1) is 0 Å². The van der Waals surface area contributed by atoms with Crippen LogP contribution in [-0.4, -0.2) is 20.6 Å². The Labute approximate surface area is 181 Å². The summed E-state index contributed by atoms with van der Waals surface area (Å²) in [6.07, 6.45) is 1.20. The van der Waals surface area contributed by atoms with E-state index in [1.807, 2.05) is 18.2 Å². The van der Waals surface area contributed by atoms with Crippen LogP contribution in [0.3, 0.4) is 0 Å². The molecule has 0 aliphatic heterocycles. The van der Waals surface area contributed by atoms with Crippen LogP contribution in [0.5, 0.6) is 5.75 Å². The molecule has 3 aromatic rings. The van der Waals surface area contributed by atoms with Gasteiger partial charge in [-0.2, -0.15) is 0 Å². The molecule has 0 radical (unpaired) electrons. The number of nitrogens with one attached hydrogen (secondary N) is 1. The van der Waals surface area contributed by atoms with Crippen molar-refractivity contribution in [2.24, 2.45) is 0 Å². The van der Waals surface area contributed by atoms with E-state index in [1.54, 1.807) is 54.6 Å². The molecule has 0 aromatic heterocycles. The quantitative estimate of drug-likeness (QED) is 0.560. The zero-order valence-electron chi connectivity index (χ0n) is 16.5. The maximum Gasteiger partial charge on any atom is 0.255 e. The summed E-state index contributed by atoms with van der Waals surface area (Å²) in [6.45, 7) is 0.572. The average Bonchev–Trinajstić information content (AvgIpc) is 2.71. The van der Waals surface area contributed by atoms with Crippen molar-refractivity contribution in [1.82, 2.24) is 5.32 Å². The van der Waals surface area contributed by atoms with E-state index in [0.717, 1.165) is 11.1 Å². The lowest BCUT2D eigenvalue weighted by Gasteiger charge is -2.12. The van der Waals surface area contributed by atoms with Gasteiger partial charge in [-0.3, -0.25) is 4.79 Å². The zero-order chi connectivity index (χ0) is 21.6. The highest BCUT2D eigenvalue weighted by atomic mass is 35.5. The summed E-state index contributed by atoms with van der Waals surface area (Å²) in [7, 11) is -3.08. The van der Waals surface area contributed by atoms with E-state index in [4.69, 9.17) is 16.3 Å². The summed E-state index contributed by atoms with van der Waals surface area (Å²) < 4.78 is 28.6. The van der Waals surface area contributed by atoms with E-state index >= 15 is 0 Å². The molecule has 0 heterocycles. The summed E-state index contributed by atoms with van der Waals surface area (Å²) in [6, 6.07) is 21.5. The first-order chi connectivity index (χ1) is 14.3. The van der Waals surface area contributed by atoms with Crippen LogP contribution in [0.15, 0.2) is 72.8 Å². The van der Waals surface area contributed by atoms with Gasteiger partial charge in [-0.15, -0.1) is 0 Å². The predicted molar refractivity (Wildman–Crippen MR) is 118 cm³/mol. The van der Waals surface area contributed by atoms with Gasteiger partial charge in [0.1, 0.15) is 12.4 Å². The molecule has 0 fully saturated rings. The maximum absolute atomic E-state index is 12.7. The molecule has 0 aliphatic carbocycles. The van der Waals surface area contributed by atoms with Crippen LogP contribution in [-0.2, 0) is 28.7 Å². The Morgan fingerprint density at radius 3 is 2.27 bits per heavy atom. The van der Waals surface area contributed by atoms with Crippen molar-refractivity contribution in [3.8, 4) is 5.75 Å². The van der Waals surface area contributed by atoms with E-state index in [-0.39, 0.29) is 18.3 Å². The number of hydrogen-bond donors (Lipinski definition) is 1. The minimum Gasteiger partial charge on any atom is -0.488 e. The number of para-hydroxylation sites is 1. The highest BCUT2D eigenvalue weighted by molar-refractivity contribution is 7.89. The van der Waals surface area contributed by atoms with E-state index in [9.17, 15) is 13.2 Å². The Hall–Kier alpha value is -2.83. The molecule has 0 saturated carbocycles. The standard InChI is InChI=1S/C23H22ClNO4S/c1-30(27,28)16-18-12-10-17(11-13-18)14-25-23(26)20-7-3-5-9-22(20)29-15-19-6-2-4-8-21(19)24/h2-13H,14-16H2,1H3,(H,25,26). The van der Waals surface area contributed by atoms with Gasteiger partial charge in [0.15, 0.2) is 9.84 Å². The molecule has 0 saturated heterocycles. The number of sulfone groups is 1. The number of hydrogen-bond acceptors (Lipinski definition) is 4. The molecular formula is C23H22ClNO4S. The van der Waals surface area contributed by atoms with Crippen LogP contribution < -0.4 is 10.1 Å². The number of benzene rings is 3. The number of rotatable bonds is 8. The smallest absolute Gasteiger partial charge is 0.255 e. The minimum atomic E-state index is -3.08. The number of carbonyl (C=O) groups is 1. The molecule has 0 spiro atoms. The molecule has 156 valence electrons. The molecule has 3 aromatic carbocycles. The molecule has 30 heavy (non-hydrogen) atoms. The number of ether oxygens (including phenoxy) is 1. The van der Waals surface area contributed by atoms with E-state index in [2.05, 4.69) is 5.32 Å². The average molecular weight is 444 g/mol. The van der Waals surface area contributed by atoms with Gasteiger partial charge in [0.05, 0.1) is 11.3 Å². The van der Waals surface area contributed by atoms with Crippen LogP contribution in [0.2, 0.25) is 5.02 Å². The lowest BCUT2D eigenvalue weighted by Crippen LogP contribution is -2.23. The first-order valence-electron chi connectivity index (χ1n) is 9.31. The summed E-state index contributed by atoms with van der Waals surface area (Å²) in [4.78, 5) is 12.7. The summed E-state index contributed by atoms with van der Waals surface area (Å²) in [5, 5.41) is 3.48. The van der Waals surface area contributed by atoms with Crippen molar-refractivity contribution in [1.29, 1.82) is 0 Å². The summed E-state index contributed by atoms with van der Waals surface area (Å²) >= 11 is 6.16. The number of carbonyl (C=O) groups excluding carboxylic acids is 1. The van der Waals surface area contributed by atoms with Crippen molar-refractivity contribution < 1.29 is 17.9 Å². The second-order valence-corrected chi connectivity index (χ2v) is 9.49. The van der Waals surface area contributed by atoms with Crippen LogP contribution in [0.4, 0.5) is 0 Å². The highest BCUT2D eigenvalue weighted by Crippen LogP contribution is 2.22. The summed E-state index contributed by atoms with van der Waals surface area (Å²) in [5.41, 5.74) is 2.85. The fourth-order valence-electron chi connectivity index (χ4n) is 2.88. The largest absolute Gasteiger partial charge is 0.488 e. The normalized spacial score (nSPS) is 11.1. The minimum absolute atomic E-state index is 0.00418. The molecule has 0 aliphatic rings. The number of amides is 1. The third kappa shape index (κ3) is 6.34. The summed E-state index contributed by atoms with van der Waals surface area (Å²) in [5.74, 6) is 0.207. The van der Waals surface area contributed by atoms with Gasteiger partial charge in [0.25, 0.3) is 5.91 Å². The van der Waals surface area contributed by atoms with Crippen molar-refractivity contribution in [2.75, 3.05) is 6.26 Å². The van der Waals surface area contributed by atoms with Gasteiger partial charge in [0, 0.05) is 23.4 Å². The Morgan fingerprint density at radius 1 is 0.933 bits per heavy atom. The van der Waals surface area contributed by atoms with Crippen molar-refractivity contribution in [3.05, 3.63) is 100 Å². The molecule has 1 amide bonds. The van der Waals surface area contributed by atoms with Crippen molar-refractivity contribution >= 4 is 27.3 Å². The SMILES string of the molecule is CS(=O)(=O)Cc1ccc(CNC(=O)c2ccccc2OCc2ccccc2Cl)cc1. The Kier molecular flexibility index (Phi) is 7.13. The Morgan fingerprint density at radius 2 is 1.57 bits per heavy atom. The first kappa shape index (κ1) is 21.9. The monoisotopic (exact) mass is 443 g/mol. The fourth-order valence-corrected chi connectivity index (χ4v) is 3.87. The van der Waals surface area contributed by atoms with E-state index in [1.165, 1.54) is 6.26 Å². The molecule has 0 atom stereocenters. The van der Waals surface area contributed by atoms with Gasteiger partial charge in [-0.05, 0) is 29.3 Å². The highest BCUT2D eigenvalue weighted by Gasteiger charge is 2.13. The molecule has 1 N–H and O–H groups in total. The van der Waals surface area contributed by atoms with Gasteiger partial charge < -0.3 is 10.1 Å². The third-order valence-corrected chi connectivity index (χ3v) is 5.60. The van der Waals surface area contributed by atoms with Crippen molar-refractivity contribution in [2.45, 2.75) is 18.9 Å². The molecule has 7 heteroatoms. The molecule has 0 bridgehead atoms. The number of halogens is 1. The molecular weight excluding hydrogens is 422 g/mol. The van der Waals surface area contributed by atoms with Gasteiger partial charge in [-0.1, -0.05) is 66.2 Å². The second kappa shape index (κ2) is 9.78. The Balaban J connectivity index is 1.62. The van der Waals surface area contributed by atoms with Crippen LogP contribution >= 0.6 is 11.6 Å². The fraction of sp³-hybridized carbons (Fsp3) is 0.174. The Bertz CT molecular complexity index is 1130. The molecule has 3 rings (SSSR count). The van der Waals surface area contributed by atoms with Gasteiger partial charge in [0.2, 0.25) is 0 Å². The second-order valence-electron chi connectivity index (χ2n) is 6.95. The van der Waals surface area contributed by atoms with Crippen molar-refractivity contribution in [3.63, 3.8) is 0 Å². The van der Waals surface area contributed by atoms with Crippen LogP contribution in [0.1, 0.15) is 27.0 Å². The lowest BCUT2D eigenvalue weighted by molar-refractivity contribution is 0.0946. The molecule has 5 nitrogen and oxygen atoms in total. The third-order valence-electron chi connectivity index (χ3n) is 4.38. The van der Waals surface area contributed by atoms with Gasteiger partial charge >= 0.3 is 0 Å². The van der Waals surface area contributed by atoms with E-state index < -0.39 is 9.84 Å². The lowest BCUT2D eigenvalue weighted by atomic mass is 10.1. The van der Waals surface area contributed by atoms with E-state index in [0.29, 0.717) is 28.4 Å². The maximum atomic E-state index is 12.7. The predicted octanol–water partition coefficient (Wildman–Crippen LogP) is 4.39. The first-order valence-corrected chi connectivity index (χ1v) is 11.7.